The minimum absolute atomic E-state index is 0.000571. The van der Waals surface area contributed by atoms with Gasteiger partial charge in [0.1, 0.15) is 5.82 Å². The predicted octanol–water partition coefficient (Wildman–Crippen LogP) is 3.40. The molecule has 2 aromatic carbocycles. The van der Waals surface area contributed by atoms with Gasteiger partial charge in [0.15, 0.2) is 17.3 Å². The summed E-state index contributed by atoms with van der Waals surface area (Å²) in [5, 5.41) is 0. The fraction of sp³-hybridized carbons (Fsp3) is 0.133. The number of Topliss-reactive ketones (excluding diaryl/α,β-unsaturated/α-hetero) is 1. The van der Waals surface area contributed by atoms with Crippen molar-refractivity contribution in [1.29, 1.82) is 0 Å². The summed E-state index contributed by atoms with van der Waals surface area (Å²) in [4.78, 5) is 12.0. The van der Waals surface area contributed by atoms with E-state index in [1.165, 1.54) is 25.3 Å². The first-order valence-corrected chi connectivity index (χ1v) is 5.72. The van der Waals surface area contributed by atoms with Gasteiger partial charge in [-0.2, -0.15) is 0 Å². The zero-order chi connectivity index (χ0) is 13.8. The van der Waals surface area contributed by atoms with E-state index >= 15 is 0 Å². The van der Waals surface area contributed by atoms with E-state index in [9.17, 15) is 13.6 Å². The molecular weight excluding hydrogens is 250 g/mol. The molecule has 0 saturated carbocycles. The van der Waals surface area contributed by atoms with Crippen LogP contribution in [0.3, 0.4) is 0 Å². The monoisotopic (exact) mass is 262 g/mol. The number of ketones is 1. The molecule has 2 nitrogen and oxygen atoms in total. The lowest BCUT2D eigenvalue weighted by molar-refractivity contribution is 0.0991. The van der Waals surface area contributed by atoms with Crippen LogP contribution in [0.15, 0.2) is 42.5 Å². The SMILES string of the molecule is COc1cc(C(=O)Cc2ccccc2F)ccc1F. The van der Waals surface area contributed by atoms with Crippen molar-refractivity contribution in [2.75, 3.05) is 7.11 Å². The van der Waals surface area contributed by atoms with Crippen molar-refractivity contribution in [2.45, 2.75) is 6.42 Å². The zero-order valence-corrected chi connectivity index (χ0v) is 10.3. The average Bonchev–Trinajstić information content (AvgIpc) is 2.42. The Morgan fingerprint density at radius 2 is 1.84 bits per heavy atom. The number of rotatable bonds is 4. The molecule has 0 aliphatic rings. The molecule has 4 heteroatoms. The lowest BCUT2D eigenvalue weighted by atomic mass is 10.0. The number of carbonyl (C=O) groups is 1. The largest absolute Gasteiger partial charge is 0.494 e. The second kappa shape index (κ2) is 5.61. The summed E-state index contributed by atoms with van der Waals surface area (Å²) >= 11 is 0. The number of methoxy groups -OCH3 is 1. The Morgan fingerprint density at radius 3 is 2.53 bits per heavy atom. The molecule has 0 saturated heterocycles. The van der Waals surface area contributed by atoms with Crippen LogP contribution >= 0.6 is 0 Å². The van der Waals surface area contributed by atoms with Crippen molar-refractivity contribution in [3.63, 3.8) is 0 Å². The number of ether oxygens (including phenoxy) is 1. The van der Waals surface area contributed by atoms with Gasteiger partial charge in [-0.05, 0) is 29.8 Å². The fourth-order valence-electron chi connectivity index (χ4n) is 1.75. The van der Waals surface area contributed by atoms with Crippen LogP contribution in [0.5, 0.6) is 5.75 Å². The molecule has 2 aromatic rings. The molecule has 0 amide bonds. The minimum Gasteiger partial charge on any atom is -0.494 e. The topological polar surface area (TPSA) is 26.3 Å². The Kier molecular flexibility index (Phi) is 3.90. The van der Waals surface area contributed by atoms with Crippen molar-refractivity contribution in [2.24, 2.45) is 0 Å². The first kappa shape index (κ1) is 13.2. The number of hydrogen-bond donors (Lipinski definition) is 0. The summed E-state index contributed by atoms with van der Waals surface area (Å²) in [7, 11) is 1.32. The Balaban J connectivity index is 2.23. The first-order valence-electron chi connectivity index (χ1n) is 5.72. The summed E-state index contributed by atoms with van der Waals surface area (Å²) < 4.78 is 31.5. The van der Waals surface area contributed by atoms with Crippen LogP contribution < -0.4 is 4.74 Å². The van der Waals surface area contributed by atoms with Crippen molar-refractivity contribution < 1.29 is 18.3 Å². The standard InChI is InChI=1S/C15H12F2O2/c1-19-15-9-11(6-7-13(15)17)14(18)8-10-4-2-3-5-12(10)16/h2-7,9H,8H2,1H3. The first-order chi connectivity index (χ1) is 9.11. The van der Waals surface area contributed by atoms with Crippen molar-refractivity contribution in [1.82, 2.24) is 0 Å². The van der Waals surface area contributed by atoms with Crippen molar-refractivity contribution in [3.05, 3.63) is 65.2 Å². The van der Waals surface area contributed by atoms with Crippen molar-refractivity contribution >= 4 is 5.78 Å². The molecule has 0 radical (unpaired) electrons. The lowest BCUT2D eigenvalue weighted by Gasteiger charge is -2.06. The van der Waals surface area contributed by atoms with Gasteiger partial charge in [-0.3, -0.25) is 4.79 Å². The molecule has 0 heterocycles. The molecule has 0 fully saturated rings. The van der Waals surface area contributed by atoms with Gasteiger partial charge in [-0.25, -0.2) is 8.78 Å². The smallest absolute Gasteiger partial charge is 0.167 e. The van der Waals surface area contributed by atoms with Crippen LogP contribution in [0.4, 0.5) is 8.78 Å². The van der Waals surface area contributed by atoms with E-state index in [2.05, 4.69) is 0 Å². The Labute approximate surface area is 109 Å². The summed E-state index contributed by atoms with van der Waals surface area (Å²) in [6.07, 6.45) is -0.0680. The molecule has 0 bridgehead atoms. The van der Waals surface area contributed by atoms with E-state index in [4.69, 9.17) is 4.74 Å². The highest BCUT2D eigenvalue weighted by molar-refractivity contribution is 5.97. The van der Waals surface area contributed by atoms with Crippen molar-refractivity contribution in [3.8, 4) is 5.75 Å². The normalized spacial score (nSPS) is 10.3. The van der Waals surface area contributed by atoms with E-state index in [0.717, 1.165) is 6.07 Å². The lowest BCUT2D eigenvalue weighted by Crippen LogP contribution is -2.06. The van der Waals surface area contributed by atoms with Gasteiger partial charge in [-0.15, -0.1) is 0 Å². The Bertz CT molecular complexity index is 609. The molecule has 2 rings (SSSR count). The zero-order valence-electron chi connectivity index (χ0n) is 10.3. The van der Waals surface area contributed by atoms with Gasteiger partial charge in [-0.1, -0.05) is 18.2 Å². The second-order valence-electron chi connectivity index (χ2n) is 4.04. The van der Waals surface area contributed by atoms with Crippen LogP contribution in [-0.4, -0.2) is 12.9 Å². The summed E-state index contributed by atoms with van der Waals surface area (Å²) in [5.41, 5.74) is 0.609. The molecule has 19 heavy (non-hydrogen) atoms. The third-order valence-corrected chi connectivity index (χ3v) is 2.78. The molecular formula is C15H12F2O2. The second-order valence-corrected chi connectivity index (χ2v) is 4.04. The van der Waals surface area contributed by atoms with E-state index in [-0.39, 0.29) is 18.0 Å². The van der Waals surface area contributed by atoms with Crippen LogP contribution in [-0.2, 0) is 6.42 Å². The summed E-state index contributed by atoms with van der Waals surface area (Å²) in [6.45, 7) is 0. The number of benzene rings is 2. The predicted molar refractivity (Wildman–Crippen MR) is 67.4 cm³/mol. The van der Waals surface area contributed by atoms with Gasteiger partial charge >= 0.3 is 0 Å². The molecule has 0 aliphatic carbocycles. The average molecular weight is 262 g/mol. The highest BCUT2D eigenvalue weighted by Crippen LogP contribution is 2.20. The Morgan fingerprint density at radius 1 is 1.11 bits per heavy atom. The van der Waals surface area contributed by atoms with Gasteiger partial charge in [0.05, 0.1) is 7.11 Å². The fourth-order valence-corrected chi connectivity index (χ4v) is 1.75. The van der Waals surface area contributed by atoms with Crippen LogP contribution in [0.2, 0.25) is 0 Å². The molecule has 0 atom stereocenters. The van der Waals surface area contributed by atoms with E-state index in [1.54, 1.807) is 18.2 Å². The number of halogens is 2. The maximum atomic E-state index is 13.4. The quantitative estimate of drug-likeness (QED) is 0.789. The molecule has 98 valence electrons. The number of carbonyl (C=O) groups excluding carboxylic acids is 1. The minimum atomic E-state index is -0.537. The van der Waals surface area contributed by atoms with Gasteiger partial charge in [0, 0.05) is 12.0 Å². The molecule has 0 unspecified atom stereocenters. The third kappa shape index (κ3) is 2.96. The van der Waals surface area contributed by atoms with E-state index in [1.807, 2.05) is 0 Å². The van der Waals surface area contributed by atoms with E-state index in [0.29, 0.717) is 11.1 Å². The highest BCUT2D eigenvalue weighted by atomic mass is 19.1. The molecule has 0 N–H and O–H groups in total. The summed E-state index contributed by atoms with van der Waals surface area (Å²) in [5.74, 6) is -1.25. The van der Waals surface area contributed by atoms with Crippen LogP contribution in [0.1, 0.15) is 15.9 Å². The Hall–Kier alpha value is -2.23. The molecule has 0 spiro atoms. The molecule has 0 aromatic heterocycles. The van der Waals surface area contributed by atoms with Gasteiger partial charge in [0.25, 0.3) is 0 Å². The third-order valence-electron chi connectivity index (χ3n) is 2.78. The van der Waals surface area contributed by atoms with Crippen LogP contribution in [0.25, 0.3) is 0 Å². The molecule has 0 aliphatic heterocycles. The number of hydrogen-bond acceptors (Lipinski definition) is 2. The highest BCUT2D eigenvalue weighted by Gasteiger charge is 2.12. The van der Waals surface area contributed by atoms with Gasteiger partial charge in [0.2, 0.25) is 0 Å². The summed E-state index contributed by atoms with van der Waals surface area (Å²) in [6, 6.07) is 9.91. The van der Waals surface area contributed by atoms with E-state index < -0.39 is 11.6 Å². The maximum absolute atomic E-state index is 13.4. The van der Waals surface area contributed by atoms with Crippen LogP contribution in [0, 0.1) is 11.6 Å². The van der Waals surface area contributed by atoms with Gasteiger partial charge < -0.3 is 4.74 Å². The maximum Gasteiger partial charge on any atom is 0.167 e.